The molecule has 20 heavy (non-hydrogen) atoms. The fourth-order valence-electron chi connectivity index (χ4n) is 2.27. The molecule has 2 N–H and O–H groups in total. The number of nitrogens with one attached hydrogen (secondary N) is 2. The number of hydrogen-bond acceptors (Lipinski definition) is 3. The number of carbonyl (C=O) groups excluding carboxylic acids is 1. The number of rotatable bonds is 5. The first-order chi connectivity index (χ1) is 9.25. The van der Waals surface area contributed by atoms with Crippen LogP contribution in [0.2, 0.25) is 0 Å². The van der Waals surface area contributed by atoms with Gasteiger partial charge in [0.2, 0.25) is 5.91 Å². The van der Waals surface area contributed by atoms with Crippen LogP contribution in [0.15, 0.2) is 24.3 Å². The molecule has 1 fully saturated rings. The average Bonchev–Trinajstić information content (AvgIpc) is 2.44. The Balaban J connectivity index is 0.00000200. The van der Waals surface area contributed by atoms with Crippen molar-refractivity contribution >= 4 is 18.3 Å². The molecule has 1 aromatic rings. The molecule has 1 aliphatic heterocycles. The monoisotopic (exact) mass is 298 g/mol. The van der Waals surface area contributed by atoms with Crippen LogP contribution in [0.25, 0.3) is 0 Å². The minimum Gasteiger partial charge on any atom is -0.492 e. The molecule has 1 atom stereocenters. The maximum atomic E-state index is 11.9. The summed E-state index contributed by atoms with van der Waals surface area (Å²) < 4.78 is 5.59. The van der Waals surface area contributed by atoms with Crippen molar-refractivity contribution in [1.29, 1.82) is 0 Å². The van der Waals surface area contributed by atoms with Crippen molar-refractivity contribution in [2.24, 2.45) is 5.92 Å². The van der Waals surface area contributed by atoms with Gasteiger partial charge < -0.3 is 15.4 Å². The quantitative estimate of drug-likeness (QED) is 0.817. The maximum absolute atomic E-state index is 11.9. The Labute approximate surface area is 126 Å². The lowest BCUT2D eigenvalue weighted by Gasteiger charge is -2.21. The summed E-state index contributed by atoms with van der Waals surface area (Å²) >= 11 is 0. The van der Waals surface area contributed by atoms with E-state index < -0.39 is 0 Å². The van der Waals surface area contributed by atoms with Gasteiger partial charge >= 0.3 is 0 Å². The molecule has 1 amide bonds. The van der Waals surface area contributed by atoms with E-state index in [1.54, 1.807) is 0 Å². The van der Waals surface area contributed by atoms with Gasteiger partial charge in [0.05, 0.1) is 12.5 Å². The highest BCUT2D eigenvalue weighted by Crippen LogP contribution is 2.12. The molecule has 1 saturated heterocycles. The molecular formula is C15H23ClN2O2. The summed E-state index contributed by atoms with van der Waals surface area (Å²) in [6.45, 7) is 4.92. The van der Waals surface area contributed by atoms with Crippen molar-refractivity contribution in [3.8, 4) is 5.75 Å². The first-order valence-electron chi connectivity index (χ1n) is 6.93. The lowest BCUT2D eigenvalue weighted by Crippen LogP contribution is -2.41. The van der Waals surface area contributed by atoms with Gasteiger partial charge in [-0.05, 0) is 44.0 Å². The summed E-state index contributed by atoms with van der Waals surface area (Å²) in [5, 5.41) is 6.18. The Morgan fingerprint density at radius 2 is 2.35 bits per heavy atom. The Kier molecular flexibility index (Phi) is 7.41. The summed E-state index contributed by atoms with van der Waals surface area (Å²) in [5.74, 6) is 1.11. The lowest BCUT2D eigenvalue weighted by molar-refractivity contribution is -0.125. The number of amides is 1. The number of hydrogen-bond donors (Lipinski definition) is 2. The number of piperidine rings is 1. The zero-order valence-electron chi connectivity index (χ0n) is 11.9. The van der Waals surface area contributed by atoms with Crippen molar-refractivity contribution in [2.45, 2.75) is 19.8 Å². The fraction of sp³-hybridized carbons (Fsp3) is 0.533. The van der Waals surface area contributed by atoms with Crippen molar-refractivity contribution in [2.75, 3.05) is 26.2 Å². The number of halogens is 1. The van der Waals surface area contributed by atoms with Crippen LogP contribution in [0.5, 0.6) is 5.75 Å². The fourth-order valence-corrected chi connectivity index (χ4v) is 2.27. The Morgan fingerprint density at radius 1 is 1.50 bits per heavy atom. The third-order valence-corrected chi connectivity index (χ3v) is 3.33. The predicted molar refractivity (Wildman–Crippen MR) is 82.5 cm³/mol. The second-order valence-corrected chi connectivity index (χ2v) is 5.00. The van der Waals surface area contributed by atoms with E-state index in [0.717, 1.165) is 31.7 Å². The topological polar surface area (TPSA) is 50.4 Å². The van der Waals surface area contributed by atoms with Gasteiger partial charge in [-0.1, -0.05) is 12.1 Å². The van der Waals surface area contributed by atoms with Gasteiger partial charge in [0.15, 0.2) is 0 Å². The summed E-state index contributed by atoms with van der Waals surface area (Å²) in [5.41, 5.74) is 1.18. The van der Waals surface area contributed by atoms with Crippen molar-refractivity contribution in [3.63, 3.8) is 0 Å². The van der Waals surface area contributed by atoms with Crippen LogP contribution in [0.3, 0.4) is 0 Å². The molecule has 0 aromatic heterocycles. The number of benzene rings is 1. The first-order valence-corrected chi connectivity index (χ1v) is 6.93. The molecule has 0 spiro atoms. The molecule has 0 radical (unpaired) electrons. The molecule has 1 aliphatic rings. The minimum absolute atomic E-state index is 0. The summed E-state index contributed by atoms with van der Waals surface area (Å²) in [6, 6.07) is 7.93. The van der Waals surface area contributed by atoms with Gasteiger partial charge in [-0.3, -0.25) is 4.79 Å². The molecule has 1 aromatic carbocycles. The van der Waals surface area contributed by atoms with Gasteiger partial charge in [-0.25, -0.2) is 0 Å². The SMILES string of the molecule is Cc1cccc(OCCNC(=O)C2CCCNC2)c1.Cl. The summed E-state index contributed by atoms with van der Waals surface area (Å²) in [6.07, 6.45) is 2.06. The smallest absolute Gasteiger partial charge is 0.224 e. The van der Waals surface area contributed by atoms with E-state index in [1.807, 2.05) is 31.2 Å². The van der Waals surface area contributed by atoms with E-state index in [9.17, 15) is 4.79 Å². The van der Waals surface area contributed by atoms with E-state index in [2.05, 4.69) is 10.6 Å². The lowest BCUT2D eigenvalue weighted by atomic mass is 9.99. The Hall–Kier alpha value is -1.26. The second kappa shape index (κ2) is 8.82. The van der Waals surface area contributed by atoms with Crippen LogP contribution in [-0.2, 0) is 4.79 Å². The van der Waals surface area contributed by atoms with Crippen LogP contribution in [0, 0.1) is 12.8 Å². The van der Waals surface area contributed by atoms with Crippen LogP contribution < -0.4 is 15.4 Å². The standard InChI is InChI=1S/C15H22N2O2.ClH/c1-12-4-2-6-14(10-12)19-9-8-17-15(18)13-5-3-7-16-11-13;/h2,4,6,10,13,16H,3,5,7-9,11H2,1H3,(H,17,18);1H. The van der Waals surface area contributed by atoms with Gasteiger partial charge in [0.25, 0.3) is 0 Å². The molecule has 0 saturated carbocycles. The van der Waals surface area contributed by atoms with Gasteiger partial charge in [-0.15, -0.1) is 12.4 Å². The summed E-state index contributed by atoms with van der Waals surface area (Å²) in [4.78, 5) is 11.9. The molecule has 2 rings (SSSR count). The van der Waals surface area contributed by atoms with E-state index in [1.165, 1.54) is 5.56 Å². The molecule has 112 valence electrons. The molecular weight excluding hydrogens is 276 g/mol. The van der Waals surface area contributed by atoms with Crippen LogP contribution in [0.4, 0.5) is 0 Å². The largest absolute Gasteiger partial charge is 0.492 e. The van der Waals surface area contributed by atoms with Crippen LogP contribution in [-0.4, -0.2) is 32.1 Å². The molecule has 1 unspecified atom stereocenters. The molecule has 0 aliphatic carbocycles. The molecule has 5 heteroatoms. The van der Waals surface area contributed by atoms with Crippen molar-refractivity contribution in [1.82, 2.24) is 10.6 Å². The third kappa shape index (κ3) is 5.39. The zero-order valence-corrected chi connectivity index (χ0v) is 12.7. The van der Waals surface area contributed by atoms with Gasteiger partial charge in [0, 0.05) is 6.54 Å². The first kappa shape index (κ1) is 16.8. The molecule has 4 nitrogen and oxygen atoms in total. The Morgan fingerprint density at radius 3 is 3.05 bits per heavy atom. The third-order valence-electron chi connectivity index (χ3n) is 3.33. The molecule has 1 heterocycles. The van der Waals surface area contributed by atoms with Gasteiger partial charge in [0.1, 0.15) is 12.4 Å². The zero-order chi connectivity index (χ0) is 13.5. The normalized spacial score (nSPS) is 17.9. The number of aryl methyl sites for hydroxylation is 1. The van der Waals surface area contributed by atoms with Crippen LogP contribution >= 0.6 is 12.4 Å². The Bertz CT molecular complexity index is 420. The van der Waals surface area contributed by atoms with E-state index in [4.69, 9.17) is 4.74 Å². The van der Waals surface area contributed by atoms with Crippen LogP contribution in [0.1, 0.15) is 18.4 Å². The van der Waals surface area contributed by atoms with Crippen molar-refractivity contribution < 1.29 is 9.53 Å². The van der Waals surface area contributed by atoms with Crippen molar-refractivity contribution in [3.05, 3.63) is 29.8 Å². The second-order valence-electron chi connectivity index (χ2n) is 5.00. The highest BCUT2D eigenvalue weighted by atomic mass is 35.5. The van der Waals surface area contributed by atoms with Gasteiger partial charge in [-0.2, -0.15) is 0 Å². The summed E-state index contributed by atoms with van der Waals surface area (Å²) in [7, 11) is 0. The average molecular weight is 299 g/mol. The van der Waals surface area contributed by atoms with E-state index >= 15 is 0 Å². The number of ether oxygens (including phenoxy) is 1. The maximum Gasteiger partial charge on any atom is 0.224 e. The minimum atomic E-state index is 0. The highest BCUT2D eigenvalue weighted by molar-refractivity contribution is 5.85. The predicted octanol–water partition coefficient (Wildman–Crippen LogP) is 1.91. The number of carbonyl (C=O) groups is 1. The highest BCUT2D eigenvalue weighted by Gasteiger charge is 2.20. The molecule has 0 bridgehead atoms. The van der Waals surface area contributed by atoms with E-state index in [0.29, 0.717) is 13.2 Å². The van der Waals surface area contributed by atoms with E-state index in [-0.39, 0.29) is 24.2 Å².